The number of carbonyl (C=O) groups is 1. The highest BCUT2D eigenvalue weighted by Gasteiger charge is 2.17. The number of unbranched alkanes of at least 4 members (excludes halogenated alkanes) is 1. The van der Waals surface area contributed by atoms with E-state index in [0.29, 0.717) is 6.42 Å². The first-order chi connectivity index (χ1) is 6.37. The van der Waals surface area contributed by atoms with E-state index in [1.807, 2.05) is 6.92 Å². The van der Waals surface area contributed by atoms with Gasteiger partial charge in [0.2, 0.25) is 5.91 Å². The van der Waals surface area contributed by atoms with E-state index in [2.05, 4.69) is 5.32 Å². The first kappa shape index (κ1) is 13.6. The van der Waals surface area contributed by atoms with Crippen LogP contribution in [0.1, 0.15) is 26.2 Å². The zero-order valence-corrected chi connectivity index (χ0v) is 9.04. The van der Waals surface area contributed by atoms with Crippen LogP contribution in [-0.2, 0) is 9.36 Å². The zero-order valence-electron chi connectivity index (χ0n) is 8.14. The van der Waals surface area contributed by atoms with Crippen LogP contribution in [0.25, 0.3) is 0 Å². The first-order valence-corrected chi connectivity index (χ1v) is 6.24. The third-order valence-electron chi connectivity index (χ3n) is 1.66. The van der Waals surface area contributed by atoms with Crippen molar-refractivity contribution in [2.24, 2.45) is 5.73 Å². The molecule has 0 aliphatic rings. The number of hydrogen-bond donors (Lipinski definition) is 4. The van der Waals surface area contributed by atoms with Gasteiger partial charge < -0.3 is 20.8 Å². The first-order valence-electron chi connectivity index (χ1n) is 4.44. The molecule has 0 fully saturated rings. The average Bonchev–Trinajstić information content (AvgIpc) is 2.09. The lowest BCUT2D eigenvalue weighted by Gasteiger charge is -2.11. The molecule has 0 saturated heterocycles. The summed E-state index contributed by atoms with van der Waals surface area (Å²) in [6.45, 7) is 1.97. The van der Waals surface area contributed by atoms with Crippen molar-refractivity contribution in [3.8, 4) is 0 Å². The highest BCUT2D eigenvalue weighted by molar-refractivity contribution is 7.51. The molecule has 84 valence electrons. The lowest BCUT2D eigenvalue weighted by atomic mass is 10.1. The van der Waals surface area contributed by atoms with Crippen molar-refractivity contribution in [3.05, 3.63) is 0 Å². The van der Waals surface area contributed by atoms with Crippen LogP contribution in [0.3, 0.4) is 0 Å². The second kappa shape index (κ2) is 6.14. The highest BCUT2D eigenvalue weighted by Crippen LogP contribution is 2.31. The molecule has 5 N–H and O–H groups in total. The molecule has 0 bridgehead atoms. The van der Waals surface area contributed by atoms with Crippen molar-refractivity contribution in [1.29, 1.82) is 0 Å². The van der Waals surface area contributed by atoms with Crippen molar-refractivity contribution in [2.45, 2.75) is 32.2 Å². The van der Waals surface area contributed by atoms with E-state index < -0.39 is 25.8 Å². The molecule has 14 heavy (non-hydrogen) atoms. The van der Waals surface area contributed by atoms with Gasteiger partial charge in [0.15, 0.2) is 0 Å². The van der Waals surface area contributed by atoms with Crippen molar-refractivity contribution in [3.63, 3.8) is 0 Å². The molecule has 0 rings (SSSR count). The molecule has 1 amide bonds. The summed E-state index contributed by atoms with van der Waals surface area (Å²) in [5.41, 5.74) is 5.47. The van der Waals surface area contributed by atoms with Crippen molar-refractivity contribution >= 4 is 13.5 Å². The molecule has 0 aromatic rings. The fourth-order valence-electron chi connectivity index (χ4n) is 0.867. The highest BCUT2D eigenvalue weighted by atomic mass is 31.2. The number of carbonyl (C=O) groups excluding carboxylic acids is 1. The van der Waals surface area contributed by atoms with E-state index in [4.69, 9.17) is 15.5 Å². The number of nitrogens with two attached hydrogens (primary N) is 1. The zero-order chi connectivity index (χ0) is 11.2. The molecule has 0 heterocycles. The lowest BCUT2D eigenvalue weighted by molar-refractivity contribution is -0.122. The van der Waals surface area contributed by atoms with E-state index in [9.17, 15) is 9.36 Å². The monoisotopic (exact) mass is 224 g/mol. The maximum absolute atomic E-state index is 11.1. The summed E-state index contributed by atoms with van der Waals surface area (Å²) < 4.78 is 10.4. The van der Waals surface area contributed by atoms with Crippen molar-refractivity contribution < 1.29 is 19.1 Å². The van der Waals surface area contributed by atoms with E-state index in [1.54, 1.807) is 0 Å². The number of hydrogen-bond acceptors (Lipinski definition) is 3. The van der Waals surface area contributed by atoms with Crippen molar-refractivity contribution in [1.82, 2.24) is 5.32 Å². The van der Waals surface area contributed by atoms with Gasteiger partial charge in [0.1, 0.15) is 6.29 Å². The Morgan fingerprint density at radius 3 is 2.57 bits per heavy atom. The van der Waals surface area contributed by atoms with E-state index in [1.165, 1.54) is 0 Å². The van der Waals surface area contributed by atoms with Crippen LogP contribution in [0.4, 0.5) is 0 Å². The molecular weight excluding hydrogens is 207 g/mol. The van der Waals surface area contributed by atoms with Gasteiger partial charge in [0.05, 0.1) is 6.04 Å². The predicted molar refractivity (Wildman–Crippen MR) is 52.6 cm³/mol. The minimum atomic E-state index is -4.17. The molecule has 6 nitrogen and oxygen atoms in total. The Morgan fingerprint density at radius 1 is 1.57 bits per heavy atom. The largest absolute Gasteiger partial charge is 0.344 e. The van der Waals surface area contributed by atoms with E-state index in [0.717, 1.165) is 12.8 Å². The summed E-state index contributed by atoms with van der Waals surface area (Å²) in [7, 11) is -4.17. The summed E-state index contributed by atoms with van der Waals surface area (Å²) in [4.78, 5) is 28.1. The maximum Gasteiger partial charge on any atom is 0.344 e. The van der Waals surface area contributed by atoms with Crippen molar-refractivity contribution in [2.75, 3.05) is 6.29 Å². The topological polar surface area (TPSA) is 113 Å². The van der Waals surface area contributed by atoms with Gasteiger partial charge in [-0.25, -0.2) is 0 Å². The molecule has 0 spiro atoms. The molecule has 0 aliphatic heterocycles. The lowest BCUT2D eigenvalue weighted by Crippen LogP contribution is -2.40. The second-order valence-corrected chi connectivity index (χ2v) is 4.76. The quantitative estimate of drug-likeness (QED) is 0.465. The fraction of sp³-hybridized carbons (Fsp3) is 0.857. The predicted octanol–water partition coefficient (Wildman–Crippen LogP) is -0.245. The van der Waals surface area contributed by atoms with Gasteiger partial charge in [0, 0.05) is 0 Å². The Hall–Kier alpha value is -0.420. The van der Waals surface area contributed by atoms with Crippen LogP contribution >= 0.6 is 7.60 Å². The van der Waals surface area contributed by atoms with Crippen LogP contribution in [0.5, 0.6) is 0 Å². The Kier molecular flexibility index (Phi) is 5.95. The van der Waals surface area contributed by atoms with Crippen LogP contribution in [0, 0.1) is 0 Å². The molecule has 0 unspecified atom stereocenters. The molecule has 0 aliphatic carbocycles. The Labute approximate surface area is 83.0 Å². The van der Waals surface area contributed by atoms with Gasteiger partial charge in [-0.3, -0.25) is 9.36 Å². The Morgan fingerprint density at radius 2 is 2.14 bits per heavy atom. The number of nitrogens with one attached hydrogen (secondary N) is 1. The van der Waals surface area contributed by atoms with Crippen LogP contribution in [0.15, 0.2) is 0 Å². The van der Waals surface area contributed by atoms with Crippen LogP contribution < -0.4 is 11.1 Å². The normalized spacial score (nSPS) is 13.7. The molecule has 1 atom stereocenters. The third kappa shape index (κ3) is 7.03. The third-order valence-corrected chi connectivity index (χ3v) is 2.23. The Balaban J connectivity index is 3.79. The van der Waals surface area contributed by atoms with Gasteiger partial charge in [-0.1, -0.05) is 19.8 Å². The van der Waals surface area contributed by atoms with Crippen LogP contribution in [0.2, 0.25) is 0 Å². The fourth-order valence-corrected chi connectivity index (χ4v) is 1.23. The van der Waals surface area contributed by atoms with E-state index >= 15 is 0 Å². The van der Waals surface area contributed by atoms with Crippen LogP contribution in [-0.4, -0.2) is 28.0 Å². The number of rotatable bonds is 6. The molecule has 7 heteroatoms. The van der Waals surface area contributed by atoms with Gasteiger partial charge >= 0.3 is 7.60 Å². The van der Waals surface area contributed by atoms with E-state index in [-0.39, 0.29) is 0 Å². The number of amides is 1. The molecule has 0 saturated carbocycles. The summed E-state index contributed by atoms with van der Waals surface area (Å²) in [5.74, 6) is -0.512. The minimum absolute atomic E-state index is 0.512. The molecular formula is C7H17N2O4P. The summed E-state index contributed by atoms with van der Waals surface area (Å²) in [5, 5.41) is 2.10. The molecule has 0 aromatic heterocycles. The Bertz CT molecular complexity index is 228. The maximum atomic E-state index is 11.1. The van der Waals surface area contributed by atoms with Gasteiger partial charge in [-0.05, 0) is 6.42 Å². The average molecular weight is 224 g/mol. The molecule has 0 aromatic carbocycles. The smallest absolute Gasteiger partial charge is 0.343 e. The standard InChI is InChI=1S/C7H17N2O4P/c1-2-3-4-6(8)7(10)9-5-14(11,12)13/h6H,2-5,8H2,1H3,(H,9,10)(H2,11,12,13)/t6-/m0/s1. The molecule has 0 radical (unpaired) electrons. The van der Waals surface area contributed by atoms with Gasteiger partial charge in [-0.2, -0.15) is 0 Å². The summed E-state index contributed by atoms with van der Waals surface area (Å²) in [6.07, 6.45) is 1.64. The van der Waals surface area contributed by atoms with Gasteiger partial charge in [-0.15, -0.1) is 0 Å². The summed E-state index contributed by atoms with van der Waals surface area (Å²) >= 11 is 0. The van der Waals surface area contributed by atoms with Gasteiger partial charge in [0.25, 0.3) is 0 Å². The SMILES string of the molecule is CCCC[C@H](N)C(=O)NCP(=O)(O)O. The minimum Gasteiger partial charge on any atom is -0.343 e. The summed E-state index contributed by atoms with van der Waals surface area (Å²) in [6, 6.07) is -0.679. The second-order valence-electron chi connectivity index (χ2n) is 3.11.